The third kappa shape index (κ3) is 2.35. The minimum Gasteiger partial charge on any atom is -0.455 e. The van der Waals surface area contributed by atoms with Gasteiger partial charge in [0.05, 0.1) is 17.7 Å². The van der Waals surface area contributed by atoms with Crippen LogP contribution in [0.4, 0.5) is 4.39 Å². The Morgan fingerprint density at radius 2 is 2.23 bits per heavy atom. The molecule has 1 aliphatic carbocycles. The monoisotopic (exact) mass is 301 g/mol. The molecular formula is C17H16FNO3. The molecule has 1 atom stereocenters. The lowest BCUT2D eigenvalue weighted by Crippen LogP contribution is -2.29. The van der Waals surface area contributed by atoms with E-state index < -0.39 is 0 Å². The fraction of sp³-hybridized carbons (Fsp3) is 0.412. The molecule has 4 nitrogen and oxygen atoms in total. The average Bonchev–Trinajstić information content (AvgIpc) is 3.08. The average molecular weight is 301 g/mol. The van der Waals surface area contributed by atoms with Crippen LogP contribution in [0.15, 0.2) is 30.5 Å². The van der Waals surface area contributed by atoms with Crippen molar-refractivity contribution in [1.29, 1.82) is 0 Å². The normalized spacial score (nSPS) is 22.7. The van der Waals surface area contributed by atoms with Gasteiger partial charge in [0.15, 0.2) is 0 Å². The predicted octanol–water partition coefficient (Wildman–Crippen LogP) is 3.10. The SMILES string of the molecule is O=C(OC1([C@H]2CCOC2)CC1)c1cnc2ccc(F)cc2c1. The van der Waals surface area contributed by atoms with Crippen LogP contribution in [-0.2, 0) is 9.47 Å². The number of hydrogen-bond donors (Lipinski definition) is 0. The Kier molecular flexibility index (Phi) is 3.11. The third-order valence-corrected chi connectivity index (χ3v) is 4.59. The van der Waals surface area contributed by atoms with Crippen molar-refractivity contribution in [2.75, 3.05) is 13.2 Å². The second-order valence-electron chi connectivity index (χ2n) is 6.08. The molecule has 1 saturated heterocycles. The molecule has 0 unspecified atom stereocenters. The van der Waals surface area contributed by atoms with Gasteiger partial charge in [-0.3, -0.25) is 4.98 Å². The molecule has 2 fully saturated rings. The number of benzene rings is 1. The molecule has 4 rings (SSSR count). The minimum absolute atomic E-state index is 0.294. The maximum absolute atomic E-state index is 13.3. The molecule has 0 N–H and O–H groups in total. The number of nitrogens with zero attached hydrogens (tertiary/aromatic N) is 1. The zero-order valence-corrected chi connectivity index (χ0v) is 12.0. The second-order valence-corrected chi connectivity index (χ2v) is 6.08. The van der Waals surface area contributed by atoms with Gasteiger partial charge >= 0.3 is 5.97 Å². The molecule has 0 spiro atoms. The summed E-state index contributed by atoms with van der Waals surface area (Å²) >= 11 is 0. The number of aromatic nitrogens is 1. The number of fused-ring (bicyclic) bond motifs is 1. The predicted molar refractivity (Wildman–Crippen MR) is 78.0 cm³/mol. The van der Waals surface area contributed by atoms with Crippen LogP contribution in [0, 0.1) is 11.7 Å². The second kappa shape index (κ2) is 5.02. The molecule has 114 valence electrons. The standard InChI is InChI=1S/C17H16FNO3/c18-14-1-2-15-11(8-14)7-12(9-19-15)16(20)22-17(4-5-17)13-3-6-21-10-13/h1-2,7-9,13H,3-6,10H2/t13-/m0/s1. The van der Waals surface area contributed by atoms with Crippen molar-refractivity contribution >= 4 is 16.9 Å². The van der Waals surface area contributed by atoms with E-state index in [9.17, 15) is 9.18 Å². The van der Waals surface area contributed by atoms with Gasteiger partial charge in [-0.2, -0.15) is 0 Å². The van der Waals surface area contributed by atoms with Gasteiger partial charge in [0, 0.05) is 24.1 Å². The van der Waals surface area contributed by atoms with E-state index in [-0.39, 0.29) is 17.4 Å². The van der Waals surface area contributed by atoms with Gasteiger partial charge in [-0.15, -0.1) is 0 Å². The van der Waals surface area contributed by atoms with Gasteiger partial charge in [0.25, 0.3) is 0 Å². The van der Waals surface area contributed by atoms with E-state index in [0.717, 1.165) is 25.9 Å². The summed E-state index contributed by atoms with van der Waals surface area (Å²) in [5.74, 6) is -0.438. The van der Waals surface area contributed by atoms with Crippen LogP contribution in [0.3, 0.4) is 0 Å². The van der Waals surface area contributed by atoms with Crippen LogP contribution in [0.1, 0.15) is 29.6 Å². The van der Waals surface area contributed by atoms with Crippen LogP contribution >= 0.6 is 0 Å². The molecule has 2 aromatic rings. The van der Waals surface area contributed by atoms with Gasteiger partial charge < -0.3 is 9.47 Å². The third-order valence-electron chi connectivity index (χ3n) is 4.59. The number of halogens is 1. The first-order valence-electron chi connectivity index (χ1n) is 7.53. The molecular weight excluding hydrogens is 285 g/mol. The molecule has 1 aromatic carbocycles. The van der Waals surface area contributed by atoms with E-state index in [1.807, 2.05) is 0 Å². The van der Waals surface area contributed by atoms with Crippen molar-refractivity contribution < 1.29 is 18.7 Å². The number of rotatable bonds is 3. The summed E-state index contributed by atoms with van der Waals surface area (Å²) in [5.41, 5.74) is 0.663. The Hall–Kier alpha value is -2.01. The number of pyridine rings is 1. The maximum Gasteiger partial charge on any atom is 0.340 e. The van der Waals surface area contributed by atoms with Crippen molar-refractivity contribution in [3.63, 3.8) is 0 Å². The molecule has 0 radical (unpaired) electrons. The van der Waals surface area contributed by atoms with Crippen molar-refractivity contribution in [1.82, 2.24) is 4.98 Å². The topological polar surface area (TPSA) is 48.4 Å². The van der Waals surface area contributed by atoms with Gasteiger partial charge in [-0.25, -0.2) is 9.18 Å². The maximum atomic E-state index is 13.3. The summed E-state index contributed by atoms with van der Waals surface area (Å²) in [4.78, 5) is 16.6. The number of carbonyl (C=O) groups excluding carboxylic acids is 1. The molecule has 1 aliphatic heterocycles. The first kappa shape index (κ1) is 13.6. The molecule has 22 heavy (non-hydrogen) atoms. The summed E-state index contributed by atoms with van der Waals surface area (Å²) in [7, 11) is 0. The lowest BCUT2D eigenvalue weighted by atomic mass is 9.99. The smallest absolute Gasteiger partial charge is 0.340 e. The number of esters is 1. The van der Waals surface area contributed by atoms with Crippen LogP contribution in [0.5, 0.6) is 0 Å². The highest BCUT2D eigenvalue weighted by Crippen LogP contribution is 2.49. The van der Waals surface area contributed by atoms with E-state index in [0.29, 0.717) is 29.0 Å². The Bertz CT molecular complexity index is 736. The summed E-state index contributed by atoms with van der Waals surface area (Å²) in [6, 6.07) is 5.95. The fourth-order valence-corrected chi connectivity index (χ4v) is 3.12. The van der Waals surface area contributed by atoms with E-state index in [4.69, 9.17) is 9.47 Å². The zero-order valence-electron chi connectivity index (χ0n) is 12.0. The first-order valence-corrected chi connectivity index (χ1v) is 7.53. The van der Waals surface area contributed by atoms with Gasteiger partial charge in [-0.1, -0.05) is 0 Å². The summed E-state index contributed by atoms with van der Waals surface area (Å²) in [6.07, 6.45) is 4.21. The lowest BCUT2D eigenvalue weighted by Gasteiger charge is -2.22. The quantitative estimate of drug-likeness (QED) is 0.817. The van der Waals surface area contributed by atoms with Crippen LogP contribution in [0.25, 0.3) is 10.9 Å². The molecule has 0 bridgehead atoms. The minimum atomic E-state index is -0.386. The highest BCUT2D eigenvalue weighted by molar-refractivity contribution is 5.94. The highest BCUT2D eigenvalue weighted by atomic mass is 19.1. The van der Waals surface area contributed by atoms with Crippen LogP contribution in [-0.4, -0.2) is 29.8 Å². The number of hydrogen-bond acceptors (Lipinski definition) is 4. The Morgan fingerprint density at radius 3 is 2.95 bits per heavy atom. The molecule has 1 aromatic heterocycles. The number of carbonyl (C=O) groups is 1. The molecule has 2 aliphatic rings. The Balaban J connectivity index is 1.57. The van der Waals surface area contributed by atoms with Crippen molar-refractivity contribution in [3.05, 3.63) is 41.8 Å². The molecule has 2 heterocycles. The Morgan fingerprint density at radius 1 is 1.36 bits per heavy atom. The van der Waals surface area contributed by atoms with Crippen LogP contribution < -0.4 is 0 Å². The van der Waals surface area contributed by atoms with E-state index in [1.165, 1.54) is 18.3 Å². The summed E-state index contributed by atoms with van der Waals surface area (Å²) < 4.78 is 24.4. The van der Waals surface area contributed by atoms with Crippen molar-refractivity contribution in [3.8, 4) is 0 Å². The summed E-state index contributed by atoms with van der Waals surface area (Å²) in [6.45, 7) is 1.40. The van der Waals surface area contributed by atoms with Crippen molar-refractivity contribution in [2.45, 2.75) is 24.9 Å². The Labute approximate surface area is 127 Å². The highest BCUT2D eigenvalue weighted by Gasteiger charge is 2.54. The first-order chi connectivity index (χ1) is 10.7. The fourth-order valence-electron chi connectivity index (χ4n) is 3.12. The lowest BCUT2D eigenvalue weighted by molar-refractivity contribution is 0.000813. The van der Waals surface area contributed by atoms with E-state index in [1.54, 1.807) is 12.1 Å². The van der Waals surface area contributed by atoms with Gasteiger partial charge in [0.1, 0.15) is 11.4 Å². The zero-order chi connectivity index (χ0) is 15.2. The van der Waals surface area contributed by atoms with E-state index in [2.05, 4.69) is 4.98 Å². The van der Waals surface area contributed by atoms with E-state index >= 15 is 0 Å². The van der Waals surface area contributed by atoms with Crippen LogP contribution in [0.2, 0.25) is 0 Å². The van der Waals surface area contributed by atoms with Gasteiger partial charge in [-0.05, 0) is 43.5 Å². The largest absolute Gasteiger partial charge is 0.455 e. The van der Waals surface area contributed by atoms with Gasteiger partial charge in [0.2, 0.25) is 0 Å². The van der Waals surface area contributed by atoms with Crippen molar-refractivity contribution in [2.24, 2.45) is 5.92 Å². The molecule has 0 amide bonds. The molecule has 1 saturated carbocycles. The summed E-state index contributed by atoms with van der Waals surface area (Å²) in [5, 5.41) is 0.600. The molecule has 5 heteroatoms. The number of ether oxygens (including phenoxy) is 2.